The summed E-state index contributed by atoms with van der Waals surface area (Å²) in [5, 5.41) is 0. The van der Waals surface area contributed by atoms with E-state index < -0.39 is 11.6 Å². The number of rotatable bonds is 2. The lowest BCUT2D eigenvalue weighted by Gasteiger charge is -2.12. The van der Waals surface area contributed by atoms with Gasteiger partial charge >= 0.3 is 0 Å². The predicted octanol–water partition coefficient (Wildman–Crippen LogP) is 3.09. The number of aromatic nitrogens is 2. The molecule has 1 aromatic carbocycles. The SMILES string of the molecule is Nc1nc2ccc(F)c(F)c2n1CC1CCCC1. The molecule has 1 aliphatic rings. The Morgan fingerprint density at radius 1 is 1.28 bits per heavy atom. The maximum atomic E-state index is 13.9. The summed E-state index contributed by atoms with van der Waals surface area (Å²) < 4.78 is 28.8. The van der Waals surface area contributed by atoms with Crippen LogP contribution in [0.5, 0.6) is 0 Å². The summed E-state index contributed by atoms with van der Waals surface area (Å²) in [5.41, 5.74) is 6.43. The molecule has 1 heterocycles. The Kier molecular flexibility index (Phi) is 2.69. The zero-order valence-electron chi connectivity index (χ0n) is 10.00. The van der Waals surface area contributed by atoms with Crippen molar-refractivity contribution in [2.75, 3.05) is 5.73 Å². The van der Waals surface area contributed by atoms with Crippen molar-refractivity contribution in [3.05, 3.63) is 23.8 Å². The van der Waals surface area contributed by atoms with Gasteiger partial charge in [0.15, 0.2) is 11.6 Å². The number of nitrogens with two attached hydrogens (primary N) is 1. The molecule has 3 nitrogen and oxygen atoms in total. The highest BCUT2D eigenvalue weighted by atomic mass is 19.2. The molecule has 96 valence electrons. The van der Waals surface area contributed by atoms with Crippen molar-refractivity contribution in [3.63, 3.8) is 0 Å². The molecule has 1 saturated carbocycles. The Hall–Kier alpha value is -1.65. The Labute approximate surface area is 104 Å². The van der Waals surface area contributed by atoms with Gasteiger partial charge < -0.3 is 10.3 Å². The fourth-order valence-electron chi connectivity index (χ4n) is 2.81. The van der Waals surface area contributed by atoms with E-state index in [2.05, 4.69) is 4.98 Å². The lowest BCUT2D eigenvalue weighted by molar-refractivity contribution is 0.459. The van der Waals surface area contributed by atoms with Gasteiger partial charge in [0, 0.05) is 6.54 Å². The normalized spacial score (nSPS) is 16.8. The van der Waals surface area contributed by atoms with Crippen molar-refractivity contribution < 1.29 is 8.78 Å². The largest absolute Gasteiger partial charge is 0.369 e. The van der Waals surface area contributed by atoms with Crippen LogP contribution in [0.4, 0.5) is 14.7 Å². The summed E-state index contributed by atoms with van der Waals surface area (Å²) >= 11 is 0. The maximum Gasteiger partial charge on any atom is 0.201 e. The molecule has 1 aromatic heterocycles. The van der Waals surface area contributed by atoms with E-state index in [-0.39, 0.29) is 11.5 Å². The first kappa shape index (κ1) is 11.4. The average molecular weight is 251 g/mol. The number of nitrogen functional groups attached to an aromatic ring is 1. The van der Waals surface area contributed by atoms with Gasteiger partial charge in [-0.15, -0.1) is 0 Å². The van der Waals surface area contributed by atoms with Crippen molar-refractivity contribution in [2.45, 2.75) is 32.2 Å². The number of imidazole rings is 1. The molecule has 0 atom stereocenters. The average Bonchev–Trinajstić information content (AvgIpc) is 2.94. The van der Waals surface area contributed by atoms with Crippen LogP contribution in [0.15, 0.2) is 12.1 Å². The Morgan fingerprint density at radius 3 is 2.72 bits per heavy atom. The topological polar surface area (TPSA) is 43.8 Å². The molecule has 5 heteroatoms. The number of hydrogen-bond donors (Lipinski definition) is 1. The molecule has 1 aliphatic carbocycles. The number of anilines is 1. The molecule has 0 spiro atoms. The lowest BCUT2D eigenvalue weighted by atomic mass is 10.1. The van der Waals surface area contributed by atoms with Crippen molar-refractivity contribution in [2.24, 2.45) is 5.92 Å². The van der Waals surface area contributed by atoms with Crippen molar-refractivity contribution in [3.8, 4) is 0 Å². The summed E-state index contributed by atoms with van der Waals surface area (Å²) in [6.45, 7) is 0.628. The summed E-state index contributed by atoms with van der Waals surface area (Å²) in [6.07, 6.45) is 4.65. The fourth-order valence-corrected chi connectivity index (χ4v) is 2.81. The van der Waals surface area contributed by atoms with Crippen molar-refractivity contribution in [1.82, 2.24) is 9.55 Å². The van der Waals surface area contributed by atoms with E-state index in [9.17, 15) is 8.78 Å². The van der Waals surface area contributed by atoms with Crippen LogP contribution in [-0.2, 0) is 6.54 Å². The van der Waals surface area contributed by atoms with Gasteiger partial charge in [-0.25, -0.2) is 13.8 Å². The monoisotopic (exact) mass is 251 g/mol. The van der Waals surface area contributed by atoms with Crippen molar-refractivity contribution >= 4 is 17.0 Å². The van der Waals surface area contributed by atoms with Gasteiger partial charge in [0.05, 0.1) is 5.52 Å². The smallest absolute Gasteiger partial charge is 0.201 e. The number of nitrogens with zero attached hydrogens (tertiary/aromatic N) is 2. The molecule has 2 N–H and O–H groups in total. The molecule has 0 saturated heterocycles. The fraction of sp³-hybridized carbons (Fsp3) is 0.462. The van der Waals surface area contributed by atoms with Crippen LogP contribution < -0.4 is 5.73 Å². The van der Waals surface area contributed by atoms with Crippen LogP contribution in [0.3, 0.4) is 0 Å². The van der Waals surface area contributed by atoms with Crippen LogP contribution in [0.1, 0.15) is 25.7 Å². The van der Waals surface area contributed by atoms with Crippen molar-refractivity contribution in [1.29, 1.82) is 0 Å². The third-order valence-corrected chi connectivity index (χ3v) is 3.74. The molecular weight excluding hydrogens is 236 g/mol. The second-order valence-electron chi connectivity index (χ2n) is 4.96. The molecule has 0 amide bonds. The first-order valence-corrected chi connectivity index (χ1v) is 6.26. The Bertz CT molecular complexity index is 585. The molecule has 0 bridgehead atoms. The van der Waals surface area contributed by atoms with Gasteiger partial charge in [-0.2, -0.15) is 0 Å². The lowest BCUT2D eigenvalue weighted by Crippen LogP contribution is -2.11. The minimum atomic E-state index is -0.852. The van der Waals surface area contributed by atoms with E-state index in [1.807, 2.05) is 0 Å². The summed E-state index contributed by atoms with van der Waals surface area (Å²) in [7, 11) is 0. The van der Waals surface area contributed by atoms with Crippen LogP contribution in [0, 0.1) is 17.6 Å². The third kappa shape index (κ3) is 1.74. The quantitative estimate of drug-likeness (QED) is 0.891. The Balaban J connectivity index is 2.08. The molecule has 18 heavy (non-hydrogen) atoms. The molecule has 3 rings (SSSR count). The summed E-state index contributed by atoms with van der Waals surface area (Å²) in [5.74, 6) is -0.946. The van der Waals surface area contributed by atoms with Crippen LogP contribution >= 0.6 is 0 Å². The highest BCUT2D eigenvalue weighted by Gasteiger charge is 2.21. The summed E-state index contributed by atoms with van der Waals surface area (Å²) in [4.78, 5) is 4.09. The number of benzene rings is 1. The number of fused-ring (bicyclic) bond motifs is 1. The zero-order valence-corrected chi connectivity index (χ0v) is 10.00. The third-order valence-electron chi connectivity index (χ3n) is 3.74. The molecule has 0 unspecified atom stereocenters. The van der Waals surface area contributed by atoms with E-state index >= 15 is 0 Å². The number of halogens is 2. The van der Waals surface area contributed by atoms with Gasteiger partial charge in [0.1, 0.15) is 5.52 Å². The second-order valence-corrected chi connectivity index (χ2v) is 4.96. The molecular formula is C13H15F2N3. The minimum Gasteiger partial charge on any atom is -0.369 e. The standard InChI is InChI=1S/C13H15F2N3/c14-9-5-6-10-12(11(9)15)18(13(16)17-10)7-8-3-1-2-4-8/h5-6,8H,1-4,7H2,(H2,16,17). The highest BCUT2D eigenvalue weighted by Crippen LogP contribution is 2.30. The Morgan fingerprint density at radius 2 is 2.00 bits per heavy atom. The van der Waals surface area contributed by atoms with Gasteiger partial charge in [0.25, 0.3) is 0 Å². The predicted molar refractivity (Wildman–Crippen MR) is 66.0 cm³/mol. The maximum absolute atomic E-state index is 13.9. The van der Waals surface area contributed by atoms with Crippen LogP contribution in [-0.4, -0.2) is 9.55 Å². The first-order chi connectivity index (χ1) is 8.66. The van der Waals surface area contributed by atoms with Gasteiger partial charge in [-0.05, 0) is 30.9 Å². The second kappa shape index (κ2) is 4.23. The van der Waals surface area contributed by atoms with E-state index in [1.165, 1.54) is 18.9 Å². The molecule has 0 aliphatic heterocycles. The van der Waals surface area contributed by atoms with Gasteiger partial charge in [-0.1, -0.05) is 12.8 Å². The van der Waals surface area contributed by atoms with E-state index in [4.69, 9.17) is 5.73 Å². The molecule has 0 radical (unpaired) electrons. The van der Waals surface area contributed by atoms with E-state index in [1.54, 1.807) is 4.57 Å². The molecule has 1 fully saturated rings. The minimum absolute atomic E-state index is 0.194. The van der Waals surface area contributed by atoms with Gasteiger partial charge in [0.2, 0.25) is 5.95 Å². The van der Waals surface area contributed by atoms with Crippen LogP contribution in [0.25, 0.3) is 11.0 Å². The van der Waals surface area contributed by atoms with E-state index in [0.29, 0.717) is 18.0 Å². The summed E-state index contributed by atoms with van der Waals surface area (Å²) in [6, 6.07) is 2.55. The number of hydrogen-bond acceptors (Lipinski definition) is 2. The molecule has 2 aromatic rings. The highest BCUT2D eigenvalue weighted by molar-refractivity contribution is 5.79. The zero-order chi connectivity index (χ0) is 12.7. The van der Waals surface area contributed by atoms with Gasteiger partial charge in [-0.3, -0.25) is 0 Å². The van der Waals surface area contributed by atoms with E-state index in [0.717, 1.165) is 18.9 Å². The first-order valence-electron chi connectivity index (χ1n) is 6.26. The van der Waals surface area contributed by atoms with Crippen LogP contribution in [0.2, 0.25) is 0 Å².